The zero-order chi connectivity index (χ0) is 14.3. The zero-order valence-corrected chi connectivity index (χ0v) is 11.2. The molecule has 3 rings (SSSR count). The van der Waals surface area contributed by atoms with Crippen LogP contribution in [0.4, 0.5) is 0 Å². The van der Waals surface area contributed by atoms with Crippen LogP contribution in [0.15, 0.2) is 16.9 Å². The third-order valence-corrected chi connectivity index (χ3v) is 4.45. The van der Waals surface area contributed by atoms with E-state index in [9.17, 15) is 14.7 Å². The normalized spacial score (nSPS) is 29.2. The van der Waals surface area contributed by atoms with E-state index in [0.29, 0.717) is 18.4 Å². The molecule has 0 radical (unpaired) electrons. The quantitative estimate of drug-likeness (QED) is 0.686. The van der Waals surface area contributed by atoms with E-state index in [2.05, 4.69) is 4.98 Å². The van der Waals surface area contributed by atoms with Crippen molar-refractivity contribution >= 4 is 5.91 Å². The average molecular weight is 277 g/mol. The molecule has 0 aromatic carbocycles. The van der Waals surface area contributed by atoms with Gasteiger partial charge in [0.25, 0.3) is 11.5 Å². The van der Waals surface area contributed by atoms with Gasteiger partial charge in [-0.3, -0.25) is 14.6 Å². The van der Waals surface area contributed by atoms with E-state index >= 15 is 0 Å². The number of rotatable bonds is 1. The molecule has 0 bridgehead atoms. The van der Waals surface area contributed by atoms with Crippen LogP contribution in [-0.2, 0) is 0 Å². The molecule has 20 heavy (non-hydrogen) atoms. The molecular weight excluding hydrogens is 258 g/mol. The minimum absolute atomic E-state index is 0.186. The average Bonchev–Trinajstić information content (AvgIpc) is 2.79. The van der Waals surface area contributed by atoms with Gasteiger partial charge in [-0.15, -0.1) is 0 Å². The second-order valence-corrected chi connectivity index (χ2v) is 5.92. The molecule has 6 nitrogen and oxygen atoms in total. The first-order valence-electron chi connectivity index (χ1n) is 7.01. The Bertz CT molecular complexity index is 583. The minimum atomic E-state index is -0.466. The van der Waals surface area contributed by atoms with Gasteiger partial charge in [0.05, 0.1) is 5.56 Å². The summed E-state index contributed by atoms with van der Waals surface area (Å²) in [6.07, 6.45) is 3.06. The highest BCUT2D eigenvalue weighted by atomic mass is 16.3. The maximum atomic E-state index is 12.4. The lowest BCUT2D eigenvalue weighted by Gasteiger charge is -2.27. The summed E-state index contributed by atoms with van der Waals surface area (Å²) >= 11 is 0. The van der Waals surface area contributed by atoms with Crippen molar-refractivity contribution < 1.29 is 9.90 Å². The molecular formula is C14H19N3O3. The molecule has 1 saturated carbocycles. The monoisotopic (exact) mass is 277 g/mol. The molecule has 6 heteroatoms. The molecule has 3 atom stereocenters. The largest absolute Gasteiger partial charge is 0.494 e. The predicted octanol–water partition coefficient (Wildman–Crippen LogP) is 0.280. The maximum absolute atomic E-state index is 12.4. The zero-order valence-electron chi connectivity index (χ0n) is 11.2. The number of hydrogen-bond acceptors (Lipinski definition) is 4. The van der Waals surface area contributed by atoms with Crippen molar-refractivity contribution in [2.45, 2.75) is 25.3 Å². The van der Waals surface area contributed by atoms with Crippen molar-refractivity contribution in [3.8, 4) is 5.88 Å². The van der Waals surface area contributed by atoms with Crippen molar-refractivity contribution in [2.24, 2.45) is 17.6 Å². The Labute approximate surface area is 116 Å². The fourth-order valence-corrected chi connectivity index (χ4v) is 3.47. The second kappa shape index (κ2) is 4.94. The summed E-state index contributed by atoms with van der Waals surface area (Å²) in [4.78, 5) is 27.7. The van der Waals surface area contributed by atoms with E-state index in [-0.39, 0.29) is 23.4 Å². The molecule has 0 spiro atoms. The molecule has 4 N–H and O–H groups in total. The fourth-order valence-electron chi connectivity index (χ4n) is 3.47. The summed E-state index contributed by atoms with van der Waals surface area (Å²) < 4.78 is 0. The van der Waals surface area contributed by atoms with Gasteiger partial charge in [0, 0.05) is 31.3 Å². The molecule has 1 aromatic rings. The summed E-state index contributed by atoms with van der Waals surface area (Å²) in [6, 6.07) is 2.78. The lowest BCUT2D eigenvalue weighted by Crippen LogP contribution is -2.32. The smallest absolute Gasteiger partial charge is 0.254 e. The van der Waals surface area contributed by atoms with Crippen LogP contribution in [0.2, 0.25) is 0 Å². The number of aromatic amines is 1. The van der Waals surface area contributed by atoms with Crippen molar-refractivity contribution in [3.05, 3.63) is 28.0 Å². The van der Waals surface area contributed by atoms with E-state index < -0.39 is 5.56 Å². The third-order valence-electron chi connectivity index (χ3n) is 4.45. The number of pyridine rings is 1. The van der Waals surface area contributed by atoms with Crippen molar-refractivity contribution in [2.75, 3.05) is 13.1 Å². The van der Waals surface area contributed by atoms with Crippen LogP contribution < -0.4 is 11.3 Å². The van der Waals surface area contributed by atoms with Gasteiger partial charge in [-0.1, -0.05) is 0 Å². The fraction of sp³-hybridized carbons (Fsp3) is 0.571. The van der Waals surface area contributed by atoms with Crippen molar-refractivity contribution in [1.82, 2.24) is 9.88 Å². The number of H-pyrrole nitrogens is 1. The van der Waals surface area contributed by atoms with E-state index in [0.717, 1.165) is 25.8 Å². The lowest BCUT2D eigenvalue weighted by atomic mass is 9.79. The third kappa shape index (κ3) is 2.43. The van der Waals surface area contributed by atoms with E-state index in [4.69, 9.17) is 5.73 Å². The molecule has 1 aliphatic heterocycles. The molecule has 1 aromatic heterocycles. The molecule has 2 aliphatic rings. The van der Waals surface area contributed by atoms with Crippen LogP contribution in [0.25, 0.3) is 0 Å². The number of nitrogens with two attached hydrogens (primary N) is 1. The Balaban J connectivity index is 1.77. The SMILES string of the molecule is NC1CC[C@@H]2CN(C(=O)c3cc(O)[nH]c(=O)c3)C[C@@H]2C1. The minimum Gasteiger partial charge on any atom is -0.494 e. The molecule has 2 fully saturated rings. The maximum Gasteiger partial charge on any atom is 0.254 e. The van der Waals surface area contributed by atoms with Crippen LogP contribution >= 0.6 is 0 Å². The van der Waals surface area contributed by atoms with E-state index in [1.54, 1.807) is 4.90 Å². The number of nitrogens with one attached hydrogen (secondary N) is 1. The van der Waals surface area contributed by atoms with Crippen LogP contribution in [0.1, 0.15) is 29.6 Å². The number of nitrogens with zero attached hydrogens (tertiary/aromatic N) is 1. The Morgan fingerprint density at radius 1 is 1.30 bits per heavy atom. The Morgan fingerprint density at radius 2 is 2.05 bits per heavy atom. The number of likely N-dealkylation sites (tertiary alicyclic amines) is 1. The predicted molar refractivity (Wildman–Crippen MR) is 73.4 cm³/mol. The molecule has 2 heterocycles. The molecule has 1 unspecified atom stereocenters. The van der Waals surface area contributed by atoms with E-state index in [1.807, 2.05) is 0 Å². The first-order valence-corrected chi connectivity index (χ1v) is 7.01. The van der Waals surface area contributed by atoms with Crippen LogP contribution in [-0.4, -0.2) is 40.0 Å². The Morgan fingerprint density at radius 3 is 2.80 bits per heavy atom. The highest BCUT2D eigenvalue weighted by Gasteiger charge is 2.38. The summed E-state index contributed by atoms with van der Waals surface area (Å²) in [6.45, 7) is 1.43. The summed E-state index contributed by atoms with van der Waals surface area (Å²) in [5.74, 6) is 0.529. The number of aromatic nitrogens is 1. The van der Waals surface area contributed by atoms with Gasteiger partial charge in [-0.05, 0) is 31.1 Å². The number of carbonyl (C=O) groups excluding carboxylic acids is 1. The molecule has 1 aliphatic carbocycles. The van der Waals surface area contributed by atoms with Gasteiger partial charge in [0.15, 0.2) is 5.88 Å². The van der Waals surface area contributed by atoms with Crippen molar-refractivity contribution in [3.63, 3.8) is 0 Å². The number of aromatic hydroxyl groups is 1. The van der Waals surface area contributed by atoms with Gasteiger partial charge < -0.3 is 15.7 Å². The van der Waals surface area contributed by atoms with E-state index in [1.165, 1.54) is 12.1 Å². The van der Waals surface area contributed by atoms with Crippen molar-refractivity contribution in [1.29, 1.82) is 0 Å². The second-order valence-electron chi connectivity index (χ2n) is 5.92. The van der Waals surface area contributed by atoms with Gasteiger partial charge in [0.2, 0.25) is 0 Å². The molecule has 1 amide bonds. The summed E-state index contributed by atoms with van der Waals surface area (Å²) in [5.41, 5.74) is 5.76. The number of carbonyl (C=O) groups is 1. The van der Waals surface area contributed by atoms with Gasteiger partial charge >= 0.3 is 0 Å². The Kier molecular flexibility index (Phi) is 3.25. The highest BCUT2D eigenvalue weighted by Crippen LogP contribution is 2.36. The number of hydrogen-bond donors (Lipinski definition) is 3. The molecule has 1 saturated heterocycles. The first kappa shape index (κ1) is 13.2. The van der Waals surface area contributed by atoms with Gasteiger partial charge in [0.1, 0.15) is 0 Å². The lowest BCUT2D eigenvalue weighted by molar-refractivity contribution is 0.0783. The highest BCUT2D eigenvalue weighted by molar-refractivity contribution is 5.94. The number of fused-ring (bicyclic) bond motifs is 1. The number of amides is 1. The van der Waals surface area contributed by atoms with Gasteiger partial charge in [-0.2, -0.15) is 0 Å². The summed E-state index contributed by atoms with van der Waals surface area (Å²) in [5, 5.41) is 9.38. The van der Waals surface area contributed by atoms with Crippen LogP contribution in [0.3, 0.4) is 0 Å². The van der Waals surface area contributed by atoms with Crippen LogP contribution in [0.5, 0.6) is 5.88 Å². The van der Waals surface area contributed by atoms with Crippen LogP contribution in [0, 0.1) is 11.8 Å². The standard InChI is InChI=1S/C14H19N3O3/c15-11-2-1-8-6-17(7-10(8)3-11)14(20)9-4-12(18)16-13(19)5-9/h4-5,8,10-11H,1-3,6-7,15H2,(H2,16,18,19)/t8-,10+,11?/m1/s1. The van der Waals surface area contributed by atoms with Gasteiger partial charge in [-0.25, -0.2) is 0 Å². The molecule has 108 valence electrons. The summed E-state index contributed by atoms with van der Waals surface area (Å²) in [7, 11) is 0. The topological polar surface area (TPSA) is 99.4 Å². The Hall–Kier alpha value is -1.82. The first-order chi connectivity index (χ1) is 9.52.